The van der Waals surface area contributed by atoms with Gasteiger partial charge in [-0.1, -0.05) is 0 Å². The molecular formula is C6H4F3NO3. The maximum absolute atomic E-state index is 11.6. The fourth-order valence-corrected chi connectivity index (χ4v) is 0.494. The van der Waals surface area contributed by atoms with Gasteiger partial charge in [-0.25, -0.2) is 4.79 Å². The molecule has 0 N–H and O–H groups in total. The molecule has 0 saturated carbocycles. The molecule has 1 rings (SSSR count). The summed E-state index contributed by atoms with van der Waals surface area (Å²) in [5.74, 6) is -2.29. The maximum atomic E-state index is 11.6. The van der Waals surface area contributed by atoms with Gasteiger partial charge in [-0.15, -0.1) is 0 Å². The molecule has 0 aliphatic carbocycles. The first-order valence-corrected chi connectivity index (χ1v) is 3.06. The number of hydroxylamine groups is 2. The van der Waals surface area contributed by atoms with Crippen LogP contribution in [0, 0.1) is 0 Å². The van der Waals surface area contributed by atoms with Gasteiger partial charge in [0.25, 0.3) is 0 Å². The summed E-state index contributed by atoms with van der Waals surface area (Å²) in [7, 11) is 0. The van der Waals surface area contributed by atoms with Crippen LogP contribution in [0.25, 0.3) is 0 Å². The van der Waals surface area contributed by atoms with Crippen molar-refractivity contribution in [1.29, 1.82) is 0 Å². The van der Waals surface area contributed by atoms with E-state index < -0.39 is 12.1 Å². The van der Waals surface area contributed by atoms with Gasteiger partial charge >= 0.3 is 12.1 Å². The van der Waals surface area contributed by atoms with Crippen LogP contribution in [0.3, 0.4) is 0 Å². The molecule has 4 nitrogen and oxygen atoms in total. The Morgan fingerprint density at radius 3 is 2.31 bits per heavy atom. The second-order valence-corrected chi connectivity index (χ2v) is 1.94. The van der Waals surface area contributed by atoms with Crippen molar-refractivity contribution in [2.45, 2.75) is 6.18 Å². The van der Waals surface area contributed by atoms with Crippen molar-refractivity contribution < 1.29 is 27.5 Å². The van der Waals surface area contributed by atoms with Gasteiger partial charge in [-0.3, -0.25) is 0 Å². The quantitative estimate of drug-likeness (QED) is 0.631. The molecule has 1 heterocycles. The first-order chi connectivity index (χ1) is 6.00. The fraction of sp³-hybridized carbons (Fsp3) is 0.167. The molecule has 0 aromatic rings. The number of ether oxygens (including phenoxy) is 1. The molecule has 1 aliphatic heterocycles. The first kappa shape index (κ1) is 9.43. The van der Waals surface area contributed by atoms with Crippen molar-refractivity contribution in [1.82, 2.24) is 5.06 Å². The van der Waals surface area contributed by atoms with Crippen LogP contribution < -0.4 is 0 Å². The molecule has 72 valence electrons. The number of carbonyl (C=O) groups excluding carboxylic acids is 1. The lowest BCUT2D eigenvalue weighted by molar-refractivity contribution is -0.223. The summed E-state index contributed by atoms with van der Waals surface area (Å²) in [6, 6.07) is 0. The van der Waals surface area contributed by atoms with Gasteiger partial charge in [0, 0.05) is 0 Å². The molecule has 0 unspecified atom stereocenters. The van der Waals surface area contributed by atoms with E-state index in [0.717, 1.165) is 24.9 Å². The predicted octanol–water partition coefficient (Wildman–Crippen LogP) is 1.28. The number of halogens is 3. The lowest BCUT2D eigenvalue weighted by Crippen LogP contribution is -2.30. The number of hydrogen-bond donors (Lipinski definition) is 0. The zero-order chi connectivity index (χ0) is 9.90. The van der Waals surface area contributed by atoms with Gasteiger partial charge in [-0.2, -0.15) is 18.2 Å². The Morgan fingerprint density at radius 1 is 1.31 bits per heavy atom. The Morgan fingerprint density at radius 2 is 1.85 bits per heavy atom. The van der Waals surface area contributed by atoms with Crippen LogP contribution in [0.5, 0.6) is 0 Å². The van der Waals surface area contributed by atoms with E-state index in [1.165, 1.54) is 0 Å². The Hall–Kier alpha value is -1.66. The highest BCUT2D eigenvalue weighted by Gasteiger charge is 2.42. The van der Waals surface area contributed by atoms with Crippen LogP contribution in [0.2, 0.25) is 0 Å². The maximum Gasteiger partial charge on any atom is 0.493 e. The minimum Gasteiger partial charge on any atom is -0.469 e. The highest BCUT2D eigenvalue weighted by molar-refractivity contribution is 5.75. The minimum atomic E-state index is -5.00. The third-order valence-corrected chi connectivity index (χ3v) is 0.992. The molecule has 1 aliphatic rings. The molecule has 0 radical (unpaired) electrons. The van der Waals surface area contributed by atoms with Crippen LogP contribution in [0.15, 0.2) is 24.9 Å². The normalized spacial score (nSPS) is 15.5. The summed E-state index contributed by atoms with van der Waals surface area (Å²) >= 11 is 0. The highest BCUT2D eigenvalue weighted by atomic mass is 19.4. The molecule has 0 spiro atoms. The third-order valence-electron chi connectivity index (χ3n) is 0.992. The van der Waals surface area contributed by atoms with Crippen molar-refractivity contribution in [3.05, 3.63) is 24.9 Å². The topological polar surface area (TPSA) is 38.8 Å². The van der Waals surface area contributed by atoms with E-state index in [2.05, 4.69) is 9.57 Å². The number of carbonyl (C=O) groups is 1. The van der Waals surface area contributed by atoms with Crippen molar-refractivity contribution in [2.24, 2.45) is 0 Å². The Labute approximate surface area is 70.8 Å². The van der Waals surface area contributed by atoms with Crippen LogP contribution >= 0.6 is 0 Å². The largest absolute Gasteiger partial charge is 0.493 e. The van der Waals surface area contributed by atoms with Gasteiger partial charge in [0.05, 0.1) is 12.4 Å². The molecule has 0 fully saturated rings. The molecule has 0 bridgehead atoms. The Kier molecular flexibility index (Phi) is 2.45. The van der Waals surface area contributed by atoms with E-state index in [4.69, 9.17) is 0 Å². The van der Waals surface area contributed by atoms with Gasteiger partial charge in [0.2, 0.25) is 0 Å². The van der Waals surface area contributed by atoms with Crippen molar-refractivity contribution >= 4 is 5.97 Å². The van der Waals surface area contributed by atoms with E-state index in [1.54, 1.807) is 0 Å². The second-order valence-electron chi connectivity index (χ2n) is 1.94. The smallest absolute Gasteiger partial charge is 0.469 e. The standard InChI is InChI=1S/C6H4F3NO3/c7-6(8,9)5(11)13-10-1-3-12-4-2-10/h1-4H. The number of hydrogen-bond acceptors (Lipinski definition) is 4. The SMILES string of the molecule is O=C(ON1C=COC=C1)C(F)(F)F. The molecule has 0 amide bonds. The summed E-state index contributed by atoms with van der Waals surface area (Å²) in [6.45, 7) is 0. The monoisotopic (exact) mass is 195 g/mol. The Balaban J connectivity index is 2.49. The van der Waals surface area contributed by atoms with Gasteiger partial charge < -0.3 is 9.57 Å². The minimum absolute atomic E-state index is 0.583. The zero-order valence-corrected chi connectivity index (χ0v) is 6.12. The van der Waals surface area contributed by atoms with Crippen molar-refractivity contribution in [3.63, 3.8) is 0 Å². The molecule has 0 atom stereocenters. The second kappa shape index (κ2) is 3.38. The summed E-state index contributed by atoms with van der Waals surface area (Å²) in [5.41, 5.74) is 0. The third kappa shape index (κ3) is 2.69. The average Bonchev–Trinajstić information content (AvgIpc) is 2.04. The molecular weight excluding hydrogens is 191 g/mol. The summed E-state index contributed by atoms with van der Waals surface area (Å²) < 4.78 is 39.4. The van der Waals surface area contributed by atoms with E-state index in [-0.39, 0.29) is 0 Å². The van der Waals surface area contributed by atoms with Gasteiger partial charge in [0.1, 0.15) is 12.5 Å². The molecule has 13 heavy (non-hydrogen) atoms. The van der Waals surface area contributed by atoms with E-state index in [0.29, 0.717) is 5.06 Å². The summed E-state index contributed by atoms with van der Waals surface area (Å²) in [4.78, 5) is 14.1. The van der Waals surface area contributed by atoms with Gasteiger partial charge in [0.15, 0.2) is 0 Å². The molecule has 0 saturated heterocycles. The number of nitrogens with zero attached hydrogens (tertiary/aromatic N) is 1. The van der Waals surface area contributed by atoms with Gasteiger partial charge in [-0.05, 0) is 0 Å². The molecule has 0 aromatic carbocycles. The summed E-state index contributed by atoms with van der Waals surface area (Å²) in [5, 5.41) is 0.583. The number of rotatable bonds is 1. The highest BCUT2D eigenvalue weighted by Crippen LogP contribution is 2.17. The lowest BCUT2D eigenvalue weighted by atomic mass is 10.7. The molecule has 0 aromatic heterocycles. The van der Waals surface area contributed by atoms with Crippen LogP contribution in [-0.4, -0.2) is 17.2 Å². The van der Waals surface area contributed by atoms with Crippen molar-refractivity contribution in [2.75, 3.05) is 0 Å². The Bertz CT molecular complexity index is 246. The predicted molar refractivity (Wildman–Crippen MR) is 33.4 cm³/mol. The van der Waals surface area contributed by atoms with Crippen molar-refractivity contribution in [3.8, 4) is 0 Å². The van der Waals surface area contributed by atoms with E-state index in [9.17, 15) is 18.0 Å². The zero-order valence-electron chi connectivity index (χ0n) is 6.12. The molecule has 7 heteroatoms. The fourth-order valence-electron chi connectivity index (χ4n) is 0.494. The first-order valence-electron chi connectivity index (χ1n) is 3.06. The van der Waals surface area contributed by atoms with E-state index in [1.807, 2.05) is 0 Å². The van der Waals surface area contributed by atoms with E-state index >= 15 is 0 Å². The lowest BCUT2D eigenvalue weighted by Gasteiger charge is -2.16. The van der Waals surface area contributed by atoms with Crippen LogP contribution in [0.4, 0.5) is 13.2 Å². The van der Waals surface area contributed by atoms with Crippen LogP contribution in [-0.2, 0) is 14.4 Å². The average molecular weight is 195 g/mol. The number of alkyl halides is 3. The van der Waals surface area contributed by atoms with Crippen LogP contribution in [0.1, 0.15) is 0 Å². The summed E-state index contributed by atoms with van der Waals surface area (Å²) in [6.07, 6.45) is -0.847.